The van der Waals surface area contributed by atoms with Crippen molar-refractivity contribution in [2.24, 2.45) is 0 Å². The SMILES string of the molecule is [2H]C1=Cc2sc3c(Br)c([2H])c([2H])c([2H])c3c2C([2H])(c2c([2H])c([2H])c([2H])c([2H])c2[2H])C1[2H]. The Morgan fingerprint density at radius 2 is 2.05 bits per heavy atom. The number of rotatable bonds is 1. The molecule has 0 saturated heterocycles. The molecule has 2 heteroatoms. The zero-order valence-electron chi connectivity index (χ0n) is 20.9. The maximum atomic E-state index is 9.30. The van der Waals surface area contributed by atoms with Gasteiger partial charge in [-0.15, -0.1) is 11.3 Å². The molecule has 0 amide bonds. The summed E-state index contributed by atoms with van der Waals surface area (Å²) < 4.78 is 91.9. The van der Waals surface area contributed by atoms with E-state index in [4.69, 9.17) is 13.7 Å². The Balaban J connectivity index is 2.26. The number of fused-ring (bicyclic) bond motifs is 3. The van der Waals surface area contributed by atoms with Crippen LogP contribution >= 0.6 is 27.3 Å². The van der Waals surface area contributed by atoms with Crippen molar-refractivity contribution >= 4 is 43.4 Å². The van der Waals surface area contributed by atoms with Gasteiger partial charge in [0.05, 0.1) is 12.3 Å². The molecule has 0 spiro atoms. The van der Waals surface area contributed by atoms with Crippen LogP contribution in [0, 0.1) is 0 Å². The highest BCUT2D eigenvalue weighted by Gasteiger charge is 2.23. The van der Waals surface area contributed by atoms with Crippen molar-refractivity contribution < 1.29 is 15.1 Å². The first-order valence-electron chi connectivity index (χ1n) is 11.3. The molecule has 3 aromatic rings. The number of hydrogen-bond donors (Lipinski definition) is 0. The zero-order valence-corrected chi connectivity index (χ0v) is 12.3. The molecular weight excluding hydrogens is 328 g/mol. The number of halogens is 1. The minimum atomic E-state index is -2.29. The maximum Gasteiger partial charge on any atom is 0.0635 e. The van der Waals surface area contributed by atoms with E-state index in [1.54, 1.807) is 0 Å². The molecule has 1 aliphatic carbocycles. The first kappa shape index (κ1) is 5.43. The molecular formula is C18H13BrS. The second-order valence-electron chi connectivity index (χ2n) is 4.10. The van der Waals surface area contributed by atoms with Crippen LogP contribution in [0.3, 0.4) is 0 Å². The van der Waals surface area contributed by atoms with Crippen LogP contribution in [0.25, 0.3) is 16.2 Å². The van der Waals surface area contributed by atoms with Crippen molar-refractivity contribution in [1.29, 1.82) is 0 Å². The van der Waals surface area contributed by atoms with Gasteiger partial charge in [0, 0.05) is 22.7 Å². The lowest BCUT2D eigenvalue weighted by Crippen LogP contribution is -2.03. The third-order valence-electron chi connectivity index (χ3n) is 2.98. The molecule has 0 fully saturated rings. The van der Waals surface area contributed by atoms with Gasteiger partial charge in [-0.05, 0) is 51.0 Å². The summed E-state index contributed by atoms with van der Waals surface area (Å²) in [6.45, 7) is 0. The van der Waals surface area contributed by atoms with Gasteiger partial charge in [0.15, 0.2) is 0 Å². The van der Waals surface area contributed by atoms with Crippen LogP contribution in [0.4, 0.5) is 0 Å². The molecule has 0 radical (unpaired) electrons. The Kier molecular flexibility index (Phi) is 1.32. The molecule has 0 N–H and O–H groups in total. The summed E-state index contributed by atoms with van der Waals surface area (Å²) in [5, 5.41) is 0.107. The molecule has 1 heterocycles. The molecule has 0 bridgehead atoms. The van der Waals surface area contributed by atoms with Crippen LogP contribution in [0.1, 0.15) is 43.4 Å². The van der Waals surface area contributed by atoms with Gasteiger partial charge < -0.3 is 0 Å². The summed E-state index contributed by atoms with van der Waals surface area (Å²) in [6, 6.07) is -4.47. The van der Waals surface area contributed by atoms with E-state index in [1.807, 2.05) is 0 Å². The Hall–Kier alpha value is -1.38. The van der Waals surface area contributed by atoms with Crippen LogP contribution in [-0.2, 0) is 0 Å². The Morgan fingerprint density at radius 1 is 1.20 bits per heavy atom. The number of thiophene rings is 1. The third-order valence-corrected chi connectivity index (χ3v) is 4.99. The van der Waals surface area contributed by atoms with Crippen LogP contribution in [0.5, 0.6) is 0 Å². The topological polar surface area (TPSA) is 0 Å². The summed E-state index contributed by atoms with van der Waals surface area (Å²) in [4.78, 5) is 0.324. The molecule has 1 aliphatic rings. The first-order valence-corrected chi connectivity index (χ1v) is 7.36. The second-order valence-corrected chi connectivity index (χ2v) is 5.95. The Morgan fingerprint density at radius 3 is 2.90 bits per heavy atom. The van der Waals surface area contributed by atoms with E-state index in [9.17, 15) is 1.37 Å². The molecule has 2 unspecified atom stereocenters. The second kappa shape index (κ2) is 4.87. The van der Waals surface area contributed by atoms with E-state index in [2.05, 4.69) is 15.9 Å². The fourth-order valence-corrected chi connectivity index (χ4v) is 3.75. The van der Waals surface area contributed by atoms with E-state index >= 15 is 0 Å². The quantitative estimate of drug-likeness (QED) is 0.488. The summed E-state index contributed by atoms with van der Waals surface area (Å²) >= 11 is 4.33. The van der Waals surface area contributed by atoms with Crippen LogP contribution < -0.4 is 0 Å². The van der Waals surface area contributed by atoms with Crippen molar-refractivity contribution in [3.63, 3.8) is 0 Å². The molecule has 1 aromatic heterocycles. The lowest BCUT2D eigenvalue weighted by molar-refractivity contribution is 0.832. The van der Waals surface area contributed by atoms with Gasteiger partial charge in [-0.3, -0.25) is 0 Å². The van der Waals surface area contributed by atoms with Crippen molar-refractivity contribution in [3.8, 4) is 0 Å². The summed E-state index contributed by atoms with van der Waals surface area (Å²) in [5.74, 6) is -2.29. The predicted molar refractivity (Wildman–Crippen MR) is 91.5 cm³/mol. The number of hydrogen-bond acceptors (Lipinski definition) is 1. The highest BCUT2D eigenvalue weighted by Crippen LogP contribution is 2.45. The van der Waals surface area contributed by atoms with Crippen molar-refractivity contribution in [2.75, 3.05) is 0 Å². The Bertz CT molecular complexity index is 1300. The number of allylic oxidation sites excluding steroid dienone is 1. The summed E-state index contributed by atoms with van der Waals surface area (Å²) in [5.41, 5.74) is -0.407. The Labute approximate surface area is 146 Å². The van der Waals surface area contributed by atoms with E-state index in [0.29, 0.717) is 9.58 Å². The van der Waals surface area contributed by atoms with E-state index in [-0.39, 0.29) is 33.6 Å². The fourth-order valence-electron chi connectivity index (χ4n) is 2.15. The lowest BCUT2D eigenvalue weighted by Gasteiger charge is -2.20. The largest absolute Gasteiger partial charge is 0.134 e. The predicted octanol–water partition coefficient (Wildman–Crippen LogP) is 6.21. The highest BCUT2D eigenvalue weighted by atomic mass is 79.9. The molecule has 0 aliphatic heterocycles. The van der Waals surface area contributed by atoms with Gasteiger partial charge in [0.2, 0.25) is 0 Å². The third kappa shape index (κ3) is 1.87. The van der Waals surface area contributed by atoms with E-state index < -0.39 is 54.1 Å². The van der Waals surface area contributed by atoms with Crippen molar-refractivity contribution in [3.05, 3.63) is 74.9 Å². The molecule has 0 saturated carbocycles. The molecule has 0 nitrogen and oxygen atoms in total. The van der Waals surface area contributed by atoms with Gasteiger partial charge in [-0.2, -0.15) is 0 Å². The molecule has 98 valence electrons. The molecule has 2 atom stereocenters. The van der Waals surface area contributed by atoms with Gasteiger partial charge in [-0.1, -0.05) is 48.3 Å². The smallest absolute Gasteiger partial charge is 0.0635 e. The maximum absolute atomic E-state index is 9.30. The highest BCUT2D eigenvalue weighted by molar-refractivity contribution is 9.10. The average Bonchev–Trinajstić information content (AvgIpc) is 3.12. The molecule has 20 heavy (non-hydrogen) atoms. The monoisotopic (exact) mass is 351 g/mol. The zero-order chi connectivity index (χ0) is 23.2. The van der Waals surface area contributed by atoms with Gasteiger partial charge in [0.25, 0.3) is 0 Å². The van der Waals surface area contributed by atoms with Crippen LogP contribution in [0.2, 0.25) is 0 Å². The lowest BCUT2D eigenvalue weighted by atomic mass is 9.84. The van der Waals surface area contributed by atoms with E-state index in [0.717, 1.165) is 11.3 Å². The van der Waals surface area contributed by atoms with Gasteiger partial charge in [0.1, 0.15) is 0 Å². The van der Waals surface area contributed by atoms with Gasteiger partial charge >= 0.3 is 0 Å². The van der Waals surface area contributed by atoms with Crippen LogP contribution in [0.15, 0.2) is 58.9 Å². The fraction of sp³-hybridized carbons (Fsp3) is 0.111. The van der Waals surface area contributed by atoms with Gasteiger partial charge in [-0.25, -0.2) is 0 Å². The van der Waals surface area contributed by atoms with Crippen LogP contribution in [-0.4, -0.2) is 0 Å². The molecule has 2 aromatic carbocycles. The average molecular weight is 352 g/mol. The normalized spacial score (nSPS) is 33.0. The summed E-state index contributed by atoms with van der Waals surface area (Å²) in [6.07, 6.45) is -0.275. The molecule has 4 rings (SSSR count). The minimum absolute atomic E-state index is 0.0428. The summed E-state index contributed by atoms with van der Waals surface area (Å²) in [7, 11) is 0. The van der Waals surface area contributed by atoms with Crippen molar-refractivity contribution in [2.45, 2.75) is 12.3 Å². The standard InChI is InChI=1S/C18H13BrS/c19-15-10-4-9-14-17-13(12-6-2-1-3-7-12)8-5-11-16(17)20-18(14)15/h1-7,9-11,13H,8H2/i1D,2D,3D,4D,5D,6D,7D,8D,9D,10D,13D. The minimum Gasteiger partial charge on any atom is -0.134 e. The number of benzene rings is 2. The van der Waals surface area contributed by atoms with Crippen molar-refractivity contribution in [1.82, 2.24) is 0 Å². The van der Waals surface area contributed by atoms with E-state index in [1.165, 1.54) is 6.08 Å². The first-order chi connectivity index (χ1) is 14.3.